The second-order valence-corrected chi connectivity index (χ2v) is 3.66. The molecule has 1 unspecified atom stereocenters. The van der Waals surface area contributed by atoms with Crippen LogP contribution in [0.3, 0.4) is 0 Å². The van der Waals surface area contributed by atoms with Gasteiger partial charge in [0.15, 0.2) is 11.6 Å². The normalized spacial score (nSPS) is 12.8. The van der Waals surface area contributed by atoms with Gasteiger partial charge in [0.1, 0.15) is 0 Å². The number of hydrogen-bond donors (Lipinski definition) is 1. The van der Waals surface area contributed by atoms with Crippen LogP contribution in [0.2, 0.25) is 0 Å². The summed E-state index contributed by atoms with van der Waals surface area (Å²) < 4.78 is 30.7. The van der Waals surface area contributed by atoms with Crippen molar-refractivity contribution >= 4 is 0 Å². The Hall–Kier alpha value is -1.00. The minimum atomic E-state index is -0.810. The van der Waals surface area contributed by atoms with E-state index in [1.54, 1.807) is 13.2 Å². The molecule has 0 saturated carbocycles. The van der Waals surface area contributed by atoms with Crippen molar-refractivity contribution in [1.82, 2.24) is 5.32 Å². The van der Waals surface area contributed by atoms with Crippen molar-refractivity contribution in [2.45, 2.75) is 19.4 Å². The van der Waals surface area contributed by atoms with E-state index in [0.29, 0.717) is 13.0 Å². The molecule has 1 aromatic rings. The molecule has 0 aromatic heterocycles. The summed E-state index contributed by atoms with van der Waals surface area (Å²) in [5.74, 6) is -1.61. The first-order valence-corrected chi connectivity index (χ1v) is 5.33. The van der Waals surface area contributed by atoms with E-state index in [-0.39, 0.29) is 6.04 Å². The van der Waals surface area contributed by atoms with Gasteiger partial charge in [0, 0.05) is 13.2 Å². The first kappa shape index (κ1) is 13.1. The highest BCUT2D eigenvalue weighted by molar-refractivity contribution is 5.18. The lowest BCUT2D eigenvalue weighted by Crippen LogP contribution is -2.35. The second kappa shape index (κ2) is 6.55. The Bertz CT molecular complexity index is 325. The minimum absolute atomic E-state index is 0.125. The Kier molecular flexibility index (Phi) is 5.35. The quantitative estimate of drug-likeness (QED) is 0.807. The highest BCUT2D eigenvalue weighted by Gasteiger charge is 2.09. The van der Waals surface area contributed by atoms with Crippen molar-refractivity contribution in [2.24, 2.45) is 0 Å². The topological polar surface area (TPSA) is 21.3 Å². The van der Waals surface area contributed by atoms with Crippen LogP contribution in [-0.2, 0) is 11.2 Å². The number of halogens is 2. The largest absolute Gasteiger partial charge is 0.383 e. The Balaban J connectivity index is 2.65. The molecule has 1 rings (SSSR count). The van der Waals surface area contributed by atoms with Gasteiger partial charge in [-0.3, -0.25) is 0 Å². The van der Waals surface area contributed by atoms with Crippen LogP contribution in [0, 0.1) is 11.6 Å². The lowest BCUT2D eigenvalue weighted by molar-refractivity contribution is 0.167. The first-order chi connectivity index (χ1) is 7.67. The lowest BCUT2D eigenvalue weighted by atomic mass is 10.1. The number of ether oxygens (including phenoxy) is 1. The molecular formula is C12H17F2NO. The molecule has 0 heterocycles. The number of nitrogens with one attached hydrogen (secondary N) is 1. The van der Waals surface area contributed by atoms with Gasteiger partial charge in [-0.15, -0.1) is 0 Å². The van der Waals surface area contributed by atoms with Crippen molar-refractivity contribution in [3.05, 3.63) is 35.4 Å². The molecule has 0 spiro atoms. The van der Waals surface area contributed by atoms with Crippen molar-refractivity contribution in [3.63, 3.8) is 0 Å². The SMILES string of the molecule is CCNC(COC)Cc1ccc(F)c(F)c1. The molecule has 4 heteroatoms. The average molecular weight is 229 g/mol. The van der Waals surface area contributed by atoms with E-state index in [4.69, 9.17) is 4.74 Å². The molecule has 0 saturated heterocycles. The second-order valence-electron chi connectivity index (χ2n) is 3.66. The summed E-state index contributed by atoms with van der Waals surface area (Å²) in [7, 11) is 1.62. The van der Waals surface area contributed by atoms with Crippen LogP contribution in [0.4, 0.5) is 8.78 Å². The highest BCUT2D eigenvalue weighted by Crippen LogP contribution is 2.10. The molecule has 1 N–H and O–H groups in total. The fourth-order valence-electron chi connectivity index (χ4n) is 1.63. The fourth-order valence-corrected chi connectivity index (χ4v) is 1.63. The Morgan fingerprint density at radius 3 is 2.62 bits per heavy atom. The van der Waals surface area contributed by atoms with Gasteiger partial charge in [-0.05, 0) is 30.7 Å². The molecule has 16 heavy (non-hydrogen) atoms. The third kappa shape index (κ3) is 3.87. The van der Waals surface area contributed by atoms with E-state index < -0.39 is 11.6 Å². The van der Waals surface area contributed by atoms with Crippen LogP contribution in [0.25, 0.3) is 0 Å². The van der Waals surface area contributed by atoms with Crippen molar-refractivity contribution in [2.75, 3.05) is 20.3 Å². The lowest BCUT2D eigenvalue weighted by Gasteiger charge is -2.16. The van der Waals surface area contributed by atoms with Crippen LogP contribution in [-0.4, -0.2) is 26.3 Å². The predicted octanol–water partition coefficient (Wildman–Crippen LogP) is 2.13. The maximum absolute atomic E-state index is 13.0. The third-order valence-electron chi connectivity index (χ3n) is 2.33. The molecule has 1 aromatic carbocycles. The van der Waals surface area contributed by atoms with Gasteiger partial charge in [-0.1, -0.05) is 13.0 Å². The summed E-state index contributed by atoms with van der Waals surface area (Å²) in [6.07, 6.45) is 0.624. The number of benzene rings is 1. The molecule has 0 fully saturated rings. The van der Waals surface area contributed by atoms with Crippen LogP contribution in [0.1, 0.15) is 12.5 Å². The summed E-state index contributed by atoms with van der Waals surface area (Å²) in [6.45, 7) is 3.36. The average Bonchev–Trinajstić information content (AvgIpc) is 2.24. The molecule has 1 atom stereocenters. The van der Waals surface area contributed by atoms with E-state index in [9.17, 15) is 8.78 Å². The predicted molar refractivity (Wildman–Crippen MR) is 59.4 cm³/mol. The van der Waals surface area contributed by atoms with Crippen LogP contribution < -0.4 is 5.32 Å². The van der Waals surface area contributed by atoms with Gasteiger partial charge in [0.05, 0.1) is 6.61 Å². The monoisotopic (exact) mass is 229 g/mol. The van der Waals surface area contributed by atoms with E-state index in [1.807, 2.05) is 6.92 Å². The van der Waals surface area contributed by atoms with Gasteiger partial charge in [-0.25, -0.2) is 8.78 Å². The Morgan fingerprint density at radius 2 is 2.06 bits per heavy atom. The smallest absolute Gasteiger partial charge is 0.159 e. The summed E-state index contributed by atoms with van der Waals surface area (Å²) >= 11 is 0. The summed E-state index contributed by atoms with van der Waals surface area (Å²) in [5, 5.41) is 3.22. The van der Waals surface area contributed by atoms with Crippen molar-refractivity contribution in [3.8, 4) is 0 Å². The molecular weight excluding hydrogens is 212 g/mol. The molecule has 90 valence electrons. The Labute approximate surface area is 94.6 Å². The van der Waals surface area contributed by atoms with Crippen LogP contribution in [0.5, 0.6) is 0 Å². The van der Waals surface area contributed by atoms with Gasteiger partial charge in [0.2, 0.25) is 0 Å². The zero-order valence-corrected chi connectivity index (χ0v) is 9.59. The maximum atomic E-state index is 13.0. The first-order valence-electron chi connectivity index (χ1n) is 5.33. The number of rotatable bonds is 6. The molecule has 0 aliphatic carbocycles. The minimum Gasteiger partial charge on any atom is -0.383 e. The van der Waals surface area contributed by atoms with Gasteiger partial charge < -0.3 is 10.1 Å². The zero-order chi connectivity index (χ0) is 12.0. The summed E-state index contributed by atoms with van der Waals surface area (Å²) in [4.78, 5) is 0. The standard InChI is InChI=1S/C12H17F2NO/c1-3-15-10(8-16-2)6-9-4-5-11(13)12(14)7-9/h4-5,7,10,15H,3,6,8H2,1-2H3. The molecule has 0 amide bonds. The highest BCUT2D eigenvalue weighted by atomic mass is 19.2. The van der Waals surface area contributed by atoms with Gasteiger partial charge in [0.25, 0.3) is 0 Å². The third-order valence-corrected chi connectivity index (χ3v) is 2.33. The molecule has 0 aliphatic heterocycles. The van der Waals surface area contributed by atoms with E-state index in [0.717, 1.165) is 18.2 Å². The van der Waals surface area contributed by atoms with Gasteiger partial charge >= 0.3 is 0 Å². The number of hydrogen-bond acceptors (Lipinski definition) is 2. The van der Waals surface area contributed by atoms with E-state index >= 15 is 0 Å². The summed E-state index contributed by atoms with van der Waals surface area (Å²) in [6, 6.07) is 4.11. The number of likely N-dealkylation sites (N-methyl/N-ethyl adjacent to an activating group) is 1. The van der Waals surface area contributed by atoms with E-state index in [2.05, 4.69) is 5.32 Å². The molecule has 0 bridgehead atoms. The van der Waals surface area contributed by atoms with E-state index in [1.165, 1.54) is 6.07 Å². The van der Waals surface area contributed by atoms with Crippen LogP contribution >= 0.6 is 0 Å². The van der Waals surface area contributed by atoms with Crippen molar-refractivity contribution < 1.29 is 13.5 Å². The molecule has 0 radical (unpaired) electrons. The van der Waals surface area contributed by atoms with Crippen molar-refractivity contribution in [1.29, 1.82) is 0 Å². The number of methoxy groups -OCH3 is 1. The Morgan fingerprint density at radius 1 is 1.31 bits per heavy atom. The molecule has 2 nitrogen and oxygen atoms in total. The van der Waals surface area contributed by atoms with Crippen LogP contribution in [0.15, 0.2) is 18.2 Å². The molecule has 0 aliphatic rings. The zero-order valence-electron chi connectivity index (χ0n) is 9.59. The maximum Gasteiger partial charge on any atom is 0.159 e. The summed E-state index contributed by atoms with van der Waals surface area (Å²) in [5.41, 5.74) is 0.766. The van der Waals surface area contributed by atoms with Gasteiger partial charge in [-0.2, -0.15) is 0 Å². The fraction of sp³-hybridized carbons (Fsp3) is 0.500.